The van der Waals surface area contributed by atoms with E-state index in [1.807, 2.05) is 31.5 Å². The summed E-state index contributed by atoms with van der Waals surface area (Å²) in [5.41, 5.74) is 10.3. The summed E-state index contributed by atoms with van der Waals surface area (Å²) in [7, 11) is 0. The fourth-order valence-electron chi connectivity index (χ4n) is 5.86. The summed E-state index contributed by atoms with van der Waals surface area (Å²) in [6.07, 6.45) is 19.5. The van der Waals surface area contributed by atoms with Crippen LogP contribution < -0.4 is 15.9 Å². The number of nitrogens with one attached hydrogen (secondary N) is 3. The number of hydrogen-bond donors (Lipinski definition) is 3. The average Bonchev–Trinajstić information content (AvgIpc) is 3.74. The van der Waals surface area contributed by atoms with Crippen LogP contribution in [0.4, 0.5) is 5.69 Å². The van der Waals surface area contributed by atoms with E-state index in [0.29, 0.717) is 0 Å². The van der Waals surface area contributed by atoms with Gasteiger partial charge in [0.05, 0.1) is 22.9 Å². The summed E-state index contributed by atoms with van der Waals surface area (Å²) in [4.78, 5) is 10.4. The second-order valence-corrected chi connectivity index (χ2v) is 12.9. The van der Waals surface area contributed by atoms with Crippen molar-refractivity contribution in [1.82, 2.24) is 20.2 Å². The average molecular weight is 602 g/mol. The van der Waals surface area contributed by atoms with Gasteiger partial charge in [0.15, 0.2) is 0 Å². The lowest BCUT2D eigenvalue weighted by Gasteiger charge is -2.22. The number of hydrogen-bond acceptors (Lipinski definition) is 4. The van der Waals surface area contributed by atoms with Gasteiger partial charge in [-0.05, 0) is 80.2 Å². The van der Waals surface area contributed by atoms with E-state index in [1.165, 1.54) is 41.9 Å². The van der Waals surface area contributed by atoms with Crippen molar-refractivity contribution in [2.45, 2.75) is 59.3 Å². The SMILES string of the molecule is C=C/C=C(/c1ccc(C(=C)C)s1)c1cc(-c2n[nH]/c(=C/C=C(\C)c3cncc(NC(=C)CC4CCCCC4)c3)c2=C)[nH]c1C. The quantitative estimate of drug-likeness (QED) is 0.150. The zero-order chi connectivity index (χ0) is 31.2. The van der Waals surface area contributed by atoms with Crippen molar-refractivity contribution in [3.05, 3.63) is 117 Å². The Hall–Kier alpha value is -4.42. The van der Waals surface area contributed by atoms with Crippen molar-refractivity contribution in [2.75, 3.05) is 5.32 Å². The lowest BCUT2D eigenvalue weighted by Crippen LogP contribution is -2.21. The number of pyridine rings is 1. The minimum atomic E-state index is 0.746. The molecule has 0 spiro atoms. The molecule has 226 valence electrons. The molecule has 1 aliphatic carbocycles. The molecule has 0 aromatic carbocycles. The second-order valence-electron chi connectivity index (χ2n) is 11.9. The molecule has 6 heteroatoms. The maximum absolute atomic E-state index is 4.63. The molecule has 44 heavy (non-hydrogen) atoms. The predicted octanol–water partition coefficient (Wildman–Crippen LogP) is 9.01. The third-order valence-electron chi connectivity index (χ3n) is 8.31. The summed E-state index contributed by atoms with van der Waals surface area (Å²) < 4.78 is 0. The van der Waals surface area contributed by atoms with E-state index >= 15 is 0 Å². The smallest absolute Gasteiger partial charge is 0.116 e. The third-order valence-corrected chi connectivity index (χ3v) is 9.59. The van der Waals surface area contributed by atoms with Gasteiger partial charge in [0.2, 0.25) is 0 Å². The van der Waals surface area contributed by atoms with Crippen molar-refractivity contribution >= 4 is 46.4 Å². The predicted molar refractivity (Wildman–Crippen MR) is 190 cm³/mol. The van der Waals surface area contributed by atoms with Crippen LogP contribution >= 0.6 is 11.3 Å². The van der Waals surface area contributed by atoms with Gasteiger partial charge in [-0.25, -0.2) is 0 Å². The lowest BCUT2D eigenvalue weighted by molar-refractivity contribution is 0.357. The number of anilines is 1. The maximum atomic E-state index is 4.63. The molecule has 4 aromatic heterocycles. The van der Waals surface area contributed by atoms with E-state index in [4.69, 9.17) is 0 Å². The highest BCUT2D eigenvalue weighted by atomic mass is 32.1. The topological polar surface area (TPSA) is 69.4 Å². The van der Waals surface area contributed by atoms with Gasteiger partial charge in [-0.3, -0.25) is 10.1 Å². The Morgan fingerprint density at radius 1 is 1.07 bits per heavy atom. The van der Waals surface area contributed by atoms with Gasteiger partial charge in [-0.1, -0.05) is 76.6 Å². The van der Waals surface area contributed by atoms with E-state index < -0.39 is 0 Å². The van der Waals surface area contributed by atoms with Gasteiger partial charge in [0, 0.05) is 43.7 Å². The highest BCUT2D eigenvalue weighted by Gasteiger charge is 2.17. The Kier molecular flexibility index (Phi) is 9.81. The number of nitrogens with zero attached hydrogens (tertiary/aromatic N) is 2. The van der Waals surface area contributed by atoms with Crippen LogP contribution in [0, 0.1) is 12.8 Å². The van der Waals surface area contributed by atoms with Crippen LogP contribution in [0.5, 0.6) is 0 Å². The molecule has 5 nitrogen and oxygen atoms in total. The van der Waals surface area contributed by atoms with E-state index in [0.717, 1.165) is 79.2 Å². The Labute approximate surface area is 265 Å². The minimum absolute atomic E-state index is 0.746. The molecular weight excluding hydrogens is 559 g/mol. The zero-order valence-corrected chi connectivity index (χ0v) is 27.0. The normalized spacial score (nSPS) is 15.0. The Morgan fingerprint density at radius 2 is 1.84 bits per heavy atom. The summed E-state index contributed by atoms with van der Waals surface area (Å²) in [5, 5.41) is 13.0. The van der Waals surface area contributed by atoms with E-state index in [9.17, 15) is 0 Å². The molecule has 4 aromatic rings. The number of aromatic amines is 2. The number of rotatable bonds is 11. The van der Waals surface area contributed by atoms with E-state index in [2.05, 4.69) is 102 Å². The van der Waals surface area contributed by atoms with Crippen molar-refractivity contribution in [3.8, 4) is 11.4 Å². The molecule has 0 atom stereocenters. The molecule has 0 radical (unpaired) electrons. The van der Waals surface area contributed by atoms with Crippen molar-refractivity contribution in [2.24, 2.45) is 5.92 Å². The lowest BCUT2D eigenvalue weighted by atomic mass is 9.86. The summed E-state index contributed by atoms with van der Waals surface area (Å²) >= 11 is 1.73. The first kappa shape index (κ1) is 31.0. The Bertz CT molecular complexity index is 1850. The first-order chi connectivity index (χ1) is 21.2. The fourth-order valence-corrected chi connectivity index (χ4v) is 6.83. The van der Waals surface area contributed by atoms with Crippen molar-refractivity contribution in [3.63, 3.8) is 0 Å². The van der Waals surface area contributed by atoms with Crippen LogP contribution in [0.15, 0.2) is 80.3 Å². The van der Waals surface area contributed by atoms with Crippen LogP contribution in [0.1, 0.15) is 78.9 Å². The van der Waals surface area contributed by atoms with Gasteiger partial charge >= 0.3 is 0 Å². The van der Waals surface area contributed by atoms with Crippen LogP contribution in [0.25, 0.3) is 40.8 Å². The molecule has 1 fully saturated rings. The summed E-state index contributed by atoms with van der Waals surface area (Å²) in [6.45, 7) is 22.9. The highest BCUT2D eigenvalue weighted by Crippen LogP contribution is 2.35. The van der Waals surface area contributed by atoms with Crippen LogP contribution in [-0.4, -0.2) is 20.2 Å². The number of aryl methyl sites for hydroxylation is 1. The molecule has 1 aliphatic rings. The third kappa shape index (κ3) is 7.20. The van der Waals surface area contributed by atoms with Crippen LogP contribution in [0.3, 0.4) is 0 Å². The molecule has 0 aliphatic heterocycles. The van der Waals surface area contributed by atoms with Gasteiger partial charge in [0.25, 0.3) is 0 Å². The number of aromatic nitrogens is 4. The number of H-pyrrole nitrogens is 2. The van der Waals surface area contributed by atoms with Gasteiger partial charge < -0.3 is 10.3 Å². The second kappa shape index (κ2) is 13.9. The maximum Gasteiger partial charge on any atom is 0.116 e. The van der Waals surface area contributed by atoms with E-state index in [1.54, 1.807) is 11.3 Å². The van der Waals surface area contributed by atoms with Crippen molar-refractivity contribution < 1.29 is 0 Å². The standard InChI is InChI=1S/C38H43N5S/c1-8-12-32(37-18-17-36(44-37)24(2)3)33-21-35(41-28(33)7)38-27(6)34(42-43-38)16-15-25(4)30-20-31(23-39-22-30)40-26(5)19-29-13-10-9-11-14-29/h8,12,15-18,20-23,29,40-42H,1-2,5-6,9-11,13-14,19H2,3-4,7H3/b25-15+,32-12+,34-16+. The Balaban J connectivity index is 1.34. The molecule has 4 heterocycles. The van der Waals surface area contributed by atoms with Crippen LogP contribution in [0.2, 0.25) is 0 Å². The van der Waals surface area contributed by atoms with Gasteiger partial charge in [-0.2, -0.15) is 5.10 Å². The number of thiophene rings is 1. The van der Waals surface area contributed by atoms with Crippen LogP contribution in [-0.2, 0) is 0 Å². The van der Waals surface area contributed by atoms with Crippen molar-refractivity contribution in [1.29, 1.82) is 0 Å². The summed E-state index contributed by atoms with van der Waals surface area (Å²) in [6, 6.07) is 8.55. The molecule has 0 saturated heterocycles. The highest BCUT2D eigenvalue weighted by molar-refractivity contribution is 7.14. The molecule has 0 amide bonds. The summed E-state index contributed by atoms with van der Waals surface area (Å²) in [5.74, 6) is 0.746. The molecular formula is C38H43N5S. The molecule has 1 saturated carbocycles. The van der Waals surface area contributed by atoms with Gasteiger partial charge in [-0.15, -0.1) is 11.3 Å². The molecule has 0 bridgehead atoms. The zero-order valence-electron chi connectivity index (χ0n) is 26.2. The Morgan fingerprint density at radius 3 is 2.57 bits per heavy atom. The first-order valence-electron chi connectivity index (χ1n) is 15.3. The monoisotopic (exact) mass is 601 g/mol. The molecule has 5 rings (SSSR count). The largest absolute Gasteiger partial charge is 0.358 e. The first-order valence-corrected chi connectivity index (χ1v) is 16.2. The fraction of sp³-hybridized carbons (Fsp3) is 0.263. The minimum Gasteiger partial charge on any atom is -0.358 e. The van der Waals surface area contributed by atoms with Gasteiger partial charge in [0.1, 0.15) is 5.69 Å². The molecule has 3 N–H and O–H groups in total. The number of allylic oxidation sites excluding steroid dienone is 6. The molecule has 0 unspecified atom stereocenters. The van der Waals surface area contributed by atoms with E-state index in [-0.39, 0.29) is 0 Å².